The van der Waals surface area contributed by atoms with Crippen molar-refractivity contribution in [1.82, 2.24) is 34.3 Å². The quantitative estimate of drug-likeness (QED) is 0.558. The van der Waals surface area contributed by atoms with Crippen molar-refractivity contribution in [3.8, 4) is 11.3 Å². The van der Waals surface area contributed by atoms with Gasteiger partial charge in [-0.3, -0.25) is 14.6 Å². The van der Waals surface area contributed by atoms with Crippen LogP contribution in [0.4, 0.5) is 11.6 Å². The second-order valence-corrected chi connectivity index (χ2v) is 7.11. The summed E-state index contributed by atoms with van der Waals surface area (Å²) in [5, 5.41) is 12.1. The molecule has 1 saturated heterocycles. The van der Waals surface area contributed by atoms with E-state index in [9.17, 15) is 0 Å². The van der Waals surface area contributed by atoms with E-state index in [-0.39, 0.29) is 0 Å². The number of hydrogen-bond acceptors (Lipinski definition) is 7. The van der Waals surface area contributed by atoms with Crippen LogP contribution in [-0.2, 0) is 18.3 Å². The van der Waals surface area contributed by atoms with Crippen LogP contribution in [0.5, 0.6) is 0 Å². The molecule has 1 aliphatic rings. The van der Waals surface area contributed by atoms with Gasteiger partial charge in [-0.25, -0.2) is 4.52 Å². The molecule has 1 fully saturated rings. The molecule has 0 spiro atoms. The largest absolute Gasteiger partial charge is 0.379 e. The summed E-state index contributed by atoms with van der Waals surface area (Å²) in [6.07, 6.45) is 7.18. The van der Waals surface area contributed by atoms with Crippen LogP contribution in [0.25, 0.3) is 16.9 Å². The minimum atomic E-state index is 0.532. The molecule has 9 nitrogen and oxygen atoms in total. The van der Waals surface area contributed by atoms with E-state index in [1.807, 2.05) is 13.2 Å². The Balaban J connectivity index is 1.34. The van der Waals surface area contributed by atoms with Crippen molar-refractivity contribution in [2.45, 2.75) is 6.54 Å². The van der Waals surface area contributed by atoms with Crippen LogP contribution in [0.3, 0.4) is 0 Å². The molecule has 4 heterocycles. The van der Waals surface area contributed by atoms with E-state index in [4.69, 9.17) is 4.74 Å². The Kier molecular flexibility index (Phi) is 4.66. The van der Waals surface area contributed by atoms with Gasteiger partial charge in [-0.15, -0.1) is 5.10 Å². The molecular formula is C20H22N8O. The molecule has 0 aliphatic carbocycles. The second kappa shape index (κ2) is 7.61. The molecule has 5 rings (SSSR count). The fourth-order valence-corrected chi connectivity index (χ4v) is 3.46. The maximum absolute atomic E-state index is 5.41. The maximum atomic E-state index is 5.41. The monoisotopic (exact) mass is 390 g/mol. The molecular weight excluding hydrogens is 368 g/mol. The van der Waals surface area contributed by atoms with Gasteiger partial charge in [-0.2, -0.15) is 10.1 Å². The summed E-state index contributed by atoms with van der Waals surface area (Å²) in [5.41, 5.74) is 4.69. The summed E-state index contributed by atoms with van der Waals surface area (Å²) in [7, 11) is 1.88. The molecule has 0 unspecified atom stereocenters. The van der Waals surface area contributed by atoms with Crippen LogP contribution in [0.2, 0.25) is 0 Å². The third-order valence-corrected chi connectivity index (χ3v) is 4.97. The van der Waals surface area contributed by atoms with Crippen molar-refractivity contribution < 1.29 is 4.74 Å². The highest BCUT2D eigenvalue weighted by molar-refractivity contribution is 5.62. The van der Waals surface area contributed by atoms with Crippen LogP contribution >= 0.6 is 0 Å². The number of morpholine rings is 1. The van der Waals surface area contributed by atoms with Crippen molar-refractivity contribution in [3.63, 3.8) is 0 Å². The number of anilines is 2. The second-order valence-electron chi connectivity index (χ2n) is 7.11. The number of hydrogen-bond donors (Lipinski definition) is 1. The van der Waals surface area contributed by atoms with E-state index in [0.717, 1.165) is 49.8 Å². The SMILES string of the molecule is Cn1cc(-c2cncc3nc(Nc4ccc(CN5CCOCC5)cc4)nn23)cn1. The first-order valence-corrected chi connectivity index (χ1v) is 9.60. The average molecular weight is 390 g/mol. The number of nitrogens with one attached hydrogen (secondary N) is 1. The van der Waals surface area contributed by atoms with Crippen LogP contribution in [0.15, 0.2) is 49.1 Å². The van der Waals surface area contributed by atoms with Gasteiger partial charge in [-0.05, 0) is 17.7 Å². The first kappa shape index (κ1) is 17.8. The molecule has 29 heavy (non-hydrogen) atoms. The number of nitrogens with zero attached hydrogens (tertiary/aromatic N) is 7. The standard InChI is InChI=1S/C20H22N8O/c1-26-14-16(10-22-26)18-11-21-12-19-24-20(25-28(18)19)23-17-4-2-15(3-5-17)13-27-6-8-29-9-7-27/h2-5,10-12,14H,6-9,13H2,1H3,(H,23,25). The molecule has 1 N–H and O–H groups in total. The zero-order valence-electron chi connectivity index (χ0n) is 16.2. The molecule has 0 amide bonds. The van der Waals surface area contributed by atoms with Crippen molar-refractivity contribution in [3.05, 3.63) is 54.6 Å². The molecule has 148 valence electrons. The Bertz CT molecular complexity index is 1110. The minimum Gasteiger partial charge on any atom is -0.379 e. The van der Waals surface area contributed by atoms with Gasteiger partial charge >= 0.3 is 0 Å². The van der Waals surface area contributed by atoms with Gasteiger partial charge in [0.2, 0.25) is 5.95 Å². The van der Waals surface area contributed by atoms with Gasteiger partial charge in [0.25, 0.3) is 0 Å². The summed E-state index contributed by atoms with van der Waals surface area (Å²) >= 11 is 0. The molecule has 0 bridgehead atoms. The smallest absolute Gasteiger partial charge is 0.247 e. The van der Waals surface area contributed by atoms with E-state index in [0.29, 0.717) is 11.6 Å². The average Bonchev–Trinajstić information content (AvgIpc) is 3.35. The van der Waals surface area contributed by atoms with Crippen molar-refractivity contribution in [2.24, 2.45) is 7.05 Å². The Hall–Kier alpha value is -3.30. The third kappa shape index (κ3) is 3.82. The van der Waals surface area contributed by atoms with Crippen LogP contribution in [-0.4, -0.2) is 60.6 Å². The minimum absolute atomic E-state index is 0.532. The number of ether oxygens (including phenoxy) is 1. The predicted octanol–water partition coefficient (Wildman–Crippen LogP) is 2.10. The van der Waals surface area contributed by atoms with E-state index in [1.54, 1.807) is 27.8 Å². The summed E-state index contributed by atoms with van der Waals surface area (Å²) < 4.78 is 8.94. The van der Waals surface area contributed by atoms with Crippen LogP contribution in [0.1, 0.15) is 5.56 Å². The molecule has 0 saturated carbocycles. The lowest BCUT2D eigenvalue weighted by Crippen LogP contribution is -2.35. The lowest BCUT2D eigenvalue weighted by atomic mass is 10.2. The highest BCUT2D eigenvalue weighted by Gasteiger charge is 2.12. The fraction of sp³-hybridized carbons (Fsp3) is 0.300. The zero-order chi connectivity index (χ0) is 19.6. The van der Waals surface area contributed by atoms with Gasteiger partial charge in [0.15, 0.2) is 5.65 Å². The van der Waals surface area contributed by atoms with Crippen LogP contribution < -0.4 is 5.32 Å². The number of aryl methyl sites for hydroxylation is 1. The first-order chi connectivity index (χ1) is 14.2. The maximum Gasteiger partial charge on any atom is 0.247 e. The van der Waals surface area contributed by atoms with Gasteiger partial charge in [0.1, 0.15) is 0 Å². The highest BCUT2D eigenvalue weighted by Crippen LogP contribution is 2.21. The van der Waals surface area contributed by atoms with E-state index < -0.39 is 0 Å². The molecule has 1 aromatic carbocycles. The lowest BCUT2D eigenvalue weighted by Gasteiger charge is -2.26. The number of aromatic nitrogens is 6. The van der Waals surface area contributed by atoms with Crippen molar-refractivity contribution in [2.75, 3.05) is 31.6 Å². The summed E-state index contributed by atoms with van der Waals surface area (Å²) in [6, 6.07) is 8.38. The van der Waals surface area contributed by atoms with Crippen molar-refractivity contribution >= 4 is 17.3 Å². The van der Waals surface area contributed by atoms with Gasteiger partial charge in [0.05, 0.1) is 37.5 Å². The molecule has 4 aromatic rings. The van der Waals surface area contributed by atoms with E-state index in [2.05, 4.69) is 54.6 Å². The first-order valence-electron chi connectivity index (χ1n) is 9.60. The number of fused-ring (bicyclic) bond motifs is 1. The van der Waals surface area contributed by atoms with Gasteiger partial charge < -0.3 is 10.1 Å². The highest BCUT2D eigenvalue weighted by atomic mass is 16.5. The molecule has 3 aromatic heterocycles. The Morgan fingerprint density at radius 3 is 2.66 bits per heavy atom. The third-order valence-electron chi connectivity index (χ3n) is 4.97. The fourth-order valence-electron chi connectivity index (χ4n) is 3.46. The predicted molar refractivity (Wildman–Crippen MR) is 109 cm³/mol. The van der Waals surface area contributed by atoms with E-state index in [1.165, 1.54) is 5.56 Å². The number of rotatable bonds is 5. The Morgan fingerprint density at radius 1 is 1.07 bits per heavy atom. The Morgan fingerprint density at radius 2 is 1.90 bits per heavy atom. The molecule has 9 heteroatoms. The topological polar surface area (TPSA) is 85.4 Å². The molecule has 1 aliphatic heterocycles. The van der Waals surface area contributed by atoms with Gasteiger partial charge in [0, 0.05) is 44.1 Å². The van der Waals surface area contributed by atoms with Crippen LogP contribution in [0, 0.1) is 0 Å². The van der Waals surface area contributed by atoms with Gasteiger partial charge in [-0.1, -0.05) is 12.1 Å². The van der Waals surface area contributed by atoms with Crippen molar-refractivity contribution in [1.29, 1.82) is 0 Å². The zero-order valence-corrected chi connectivity index (χ0v) is 16.2. The summed E-state index contributed by atoms with van der Waals surface area (Å²) in [4.78, 5) is 11.2. The lowest BCUT2D eigenvalue weighted by molar-refractivity contribution is 0.0342. The summed E-state index contributed by atoms with van der Waals surface area (Å²) in [6.45, 7) is 4.54. The normalized spacial score (nSPS) is 15.1. The number of benzene rings is 1. The van der Waals surface area contributed by atoms with E-state index >= 15 is 0 Å². The molecule has 0 atom stereocenters. The Labute approximate surface area is 168 Å². The summed E-state index contributed by atoms with van der Waals surface area (Å²) in [5.74, 6) is 0.532. The molecule has 0 radical (unpaired) electrons.